The first-order valence-corrected chi connectivity index (χ1v) is 4.26. The fraction of sp³-hybridized carbons (Fsp3) is 0.889. The van der Waals surface area contributed by atoms with E-state index < -0.39 is 11.6 Å². The van der Waals surface area contributed by atoms with Crippen molar-refractivity contribution < 1.29 is 19.4 Å². The molecule has 0 aliphatic heterocycles. The summed E-state index contributed by atoms with van der Waals surface area (Å²) >= 11 is 0. The predicted octanol–water partition coefficient (Wildman–Crippen LogP) is 1.29. The molecule has 0 amide bonds. The van der Waals surface area contributed by atoms with Gasteiger partial charge in [-0.05, 0) is 20.8 Å². The lowest BCUT2D eigenvalue weighted by Crippen LogP contribution is -2.33. The molecular weight excluding hydrogens is 172 g/mol. The van der Waals surface area contributed by atoms with Gasteiger partial charge in [0, 0.05) is 7.11 Å². The summed E-state index contributed by atoms with van der Waals surface area (Å²) in [4.78, 5) is 10.4. The van der Waals surface area contributed by atoms with Gasteiger partial charge in [0.1, 0.15) is 0 Å². The number of hydrogen-bond acceptors (Lipinski definition) is 3. The first-order chi connectivity index (χ1) is 5.87. The van der Waals surface area contributed by atoms with Crippen molar-refractivity contribution in [3.05, 3.63) is 0 Å². The van der Waals surface area contributed by atoms with Crippen molar-refractivity contribution in [2.24, 2.45) is 0 Å². The molecule has 0 rings (SSSR count). The lowest BCUT2D eigenvalue weighted by Gasteiger charge is -2.27. The summed E-state index contributed by atoms with van der Waals surface area (Å²) in [6.07, 6.45) is -0.0829. The molecule has 0 aromatic carbocycles. The van der Waals surface area contributed by atoms with Crippen molar-refractivity contribution >= 4 is 5.97 Å². The van der Waals surface area contributed by atoms with Gasteiger partial charge in [-0.25, -0.2) is 0 Å². The Morgan fingerprint density at radius 1 is 1.54 bits per heavy atom. The quantitative estimate of drug-likeness (QED) is 0.685. The number of carbonyl (C=O) groups is 1. The van der Waals surface area contributed by atoms with Gasteiger partial charge in [0.15, 0.2) is 0 Å². The summed E-state index contributed by atoms with van der Waals surface area (Å²) in [5.74, 6) is -0.852. The van der Waals surface area contributed by atoms with E-state index in [2.05, 4.69) is 0 Å². The minimum absolute atomic E-state index is 0.00105. The van der Waals surface area contributed by atoms with Crippen LogP contribution in [0.4, 0.5) is 0 Å². The van der Waals surface area contributed by atoms with Crippen LogP contribution in [0, 0.1) is 0 Å². The van der Waals surface area contributed by atoms with Crippen LogP contribution in [-0.2, 0) is 14.3 Å². The fourth-order valence-electron chi connectivity index (χ4n) is 1.22. The van der Waals surface area contributed by atoms with E-state index in [0.717, 1.165) is 0 Å². The minimum Gasteiger partial charge on any atom is -0.481 e. The van der Waals surface area contributed by atoms with Crippen molar-refractivity contribution in [3.8, 4) is 0 Å². The molecule has 0 saturated carbocycles. The van der Waals surface area contributed by atoms with Gasteiger partial charge in [-0.15, -0.1) is 0 Å². The Kier molecular flexibility index (Phi) is 4.95. The standard InChI is InChI=1S/C9H18O4/c1-7(6-12-4)13-9(2,3)5-8(10)11/h7H,5-6H2,1-4H3,(H,10,11). The summed E-state index contributed by atoms with van der Waals surface area (Å²) < 4.78 is 10.4. The molecule has 0 saturated heterocycles. The predicted molar refractivity (Wildman–Crippen MR) is 48.8 cm³/mol. The van der Waals surface area contributed by atoms with E-state index in [1.54, 1.807) is 21.0 Å². The molecule has 1 atom stereocenters. The van der Waals surface area contributed by atoms with E-state index in [1.165, 1.54) is 0 Å². The van der Waals surface area contributed by atoms with Crippen LogP contribution in [0.1, 0.15) is 27.2 Å². The minimum atomic E-state index is -0.852. The van der Waals surface area contributed by atoms with E-state index in [9.17, 15) is 4.79 Å². The van der Waals surface area contributed by atoms with Crippen LogP contribution in [-0.4, -0.2) is 36.5 Å². The molecule has 13 heavy (non-hydrogen) atoms. The first-order valence-electron chi connectivity index (χ1n) is 4.26. The van der Waals surface area contributed by atoms with Gasteiger partial charge >= 0.3 is 5.97 Å². The Morgan fingerprint density at radius 3 is 2.46 bits per heavy atom. The van der Waals surface area contributed by atoms with E-state index in [0.29, 0.717) is 6.61 Å². The normalized spacial score (nSPS) is 14.2. The summed E-state index contributed by atoms with van der Waals surface area (Å²) in [5, 5.41) is 8.58. The van der Waals surface area contributed by atoms with Crippen molar-refractivity contribution in [1.29, 1.82) is 0 Å². The van der Waals surface area contributed by atoms with Crippen molar-refractivity contribution in [2.75, 3.05) is 13.7 Å². The molecule has 0 fully saturated rings. The Hall–Kier alpha value is -0.610. The molecule has 0 aromatic rings. The zero-order valence-corrected chi connectivity index (χ0v) is 8.66. The third-order valence-corrected chi connectivity index (χ3v) is 1.50. The molecule has 0 bridgehead atoms. The highest BCUT2D eigenvalue weighted by Gasteiger charge is 2.24. The third-order valence-electron chi connectivity index (χ3n) is 1.50. The summed E-state index contributed by atoms with van der Waals surface area (Å²) in [6.45, 7) is 5.84. The monoisotopic (exact) mass is 190 g/mol. The van der Waals surface area contributed by atoms with Crippen LogP contribution >= 0.6 is 0 Å². The van der Waals surface area contributed by atoms with Crippen LogP contribution in [0.5, 0.6) is 0 Å². The highest BCUT2D eigenvalue weighted by molar-refractivity contribution is 5.67. The van der Waals surface area contributed by atoms with Gasteiger partial charge in [0.25, 0.3) is 0 Å². The highest BCUT2D eigenvalue weighted by atomic mass is 16.5. The van der Waals surface area contributed by atoms with Crippen LogP contribution in [0.3, 0.4) is 0 Å². The summed E-state index contributed by atoms with van der Waals surface area (Å²) in [7, 11) is 1.59. The molecule has 78 valence electrons. The smallest absolute Gasteiger partial charge is 0.306 e. The van der Waals surface area contributed by atoms with Gasteiger partial charge in [-0.2, -0.15) is 0 Å². The Bertz CT molecular complexity index is 165. The first kappa shape index (κ1) is 12.4. The molecule has 0 aromatic heterocycles. The van der Waals surface area contributed by atoms with Crippen LogP contribution in [0.2, 0.25) is 0 Å². The fourth-order valence-corrected chi connectivity index (χ4v) is 1.22. The van der Waals surface area contributed by atoms with Crippen molar-refractivity contribution in [3.63, 3.8) is 0 Å². The molecule has 0 aliphatic rings. The second kappa shape index (κ2) is 5.19. The van der Waals surface area contributed by atoms with Gasteiger partial charge in [-0.1, -0.05) is 0 Å². The number of aliphatic carboxylic acids is 1. The van der Waals surface area contributed by atoms with Crippen LogP contribution < -0.4 is 0 Å². The molecule has 0 radical (unpaired) electrons. The second-order valence-electron chi connectivity index (χ2n) is 3.71. The van der Waals surface area contributed by atoms with Gasteiger partial charge in [-0.3, -0.25) is 4.79 Å². The van der Waals surface area contributed by atoms with Crippen LogP contribution in [0.15, 0.2) is 0 Å². The number of carboxylic acids is 1. The van der Waals surface area contributed by atoms with Crippen molar-refractivity contribution in [1.82, 2.24) is 0 Å². The molecule has 1 unspecified atom stereocenters. The Balaban J connectivity index is 3.92. The maximum atomic E-state index is 10.4. The number of methoxy groups -OCH3 is 1. The van der Waals surface area contributed by atoms with Gasteiger partial charge < -0.3 is 14.6 Å². The lowest BCUT2D eigenvalue weighted by molar-refractivity contribution is -0.148. The third kappa shape index (κ3) is 6.54. The van der Waals surface area contributed by atoms with Crippen molar-refractivity contribution in [2.45, 2.75) is 38.9 Å². The van der Waals surface area contributed by atoms with E-state index in [1.807, 2.05) is 6.92 Å². The van der Waals surface area contributed by atoms with Gasteiger partial charge in [0.05, 0.1) is 24.7 Å². The maximum absolute atomic E-state index is 10.4. The van der Waals surface area contributed by atoms with Crippen LogP contribution in [0.25, 0.3) is 0 Å². The maximum Gasteiger partial charge on any atom is 0.306 e. The summed E-state index contributed by atoms with van der Waals surface area (Å²) in [5.41, 5.74) is -0.635. The molecule has 4 heteroatoms. The Morgan fingerprint density at radius 2 is 2.08 bits per heavy atom. The number of carboxylic acid groups (broad SMARTS) is 1. The number of hydrogen-bond donors (Lipinski definition) is 1. The average molecular weight is 190 g/mol. The van der Waals surface area contributed by atoms with E-state index >= 15 is 0 Å². The lowest BCUT2D eigenvalue weighted by atomic mass is 10.1. The van der Waals surface area contributed by atoms with E-state index in [4.69, 9.17) is 14.6 Å². The highest BCUT2D eigenvalue weighted by Crippen LogP contribution is 2.16. The zero-order valence-electron chi connectivity index (χ0n) is 8.66. The topological polar surface area (TPSA) is 55.8 Å². The average Bonchev–Trinajstić information content (AvgIpc) is 1.81. The molecule has 4 nitrogen and oxygen atoms in total. The molecular formula is C9H18O4. The SMILES string of the molecule is COCC(C)OC(C)(C)CC(=O)O. The molecule has 1 N–H and O–H groups in total. The summed E-state index contributed by atoms with van der Waals surface area (Å²) in [6, 6.07) is 0. The number of rotatable bonds is 6. The number of ether oxygens (including phenoxy) is 2. The zero-order chi connectivity index (χ0) is 10.5. The molecule has 0 aliphatic carbocycles. The Labute approximate surface area is 78.8 Å². The largest absolute Gasteiger partial charge is 0.481 e. The molecule has 0 heterocycles. The van der Waals surface area contributed by atoms with E-state index in [-0.39, 0.29) is 12.5 Å². The second-order valence-corrected chi connectivity index (χ2v) is 3.71. The van der Waals surface area contributed by atoms with Gasteiger partial charge in [0.2, 0.25) is 0 Å². The molecule has 0 spiro atoms.